The molecule has 1 unspecified atom stereocenters. The molecule has 0 spiro atoms. The molecule has 10 heteroatoms. The second-order valence-corrected chi connectivity index (χ2v) is 20.5. The molecule has 0 heterocycles. The van der Waals surface area contributed by atoms with Gasteiger partial charge in [-0.3, -0.25) is 0 Å². The van der Waals surface area contributed by atoms with Crippen molar-refractivity contribution in [1.82, 2.24) is 0 Å². The molecule has 0 fully saturated rings. The maximum Gasteiger partial charge on any atom is 0.328 e. The summed E-state index contributed by atoms with van der Waals surface area (Å²) in [5, 5.41) is 9.13. The first-order chi connectivity index (χ1) is 15.2. The highest BCUT2D eigenvalue weighted by Crippen LogP contribution is 2.43. The second-order valence-electron chi connectivity index (χ2n) is 9.78. The van der Waals surface area contributed by atoms with Crippen molar-refractivity contribution < 1.29 is 33.0 Å². The van der Waals surface area contributed by atoms with Gasteiger partial charge in [0.15, 0.2) is 28.1 Å². The topological polar surface area (TPSA) is 83.5 Å². The fourth-order valence-electron chi connectivity index (χ4n) is 3.21. The molecule has 186 valence electrons. The van der Waals surface area contributed by atoms with E-state index in [1.807, 2.05) is 0 Å². The van der Waals surface area contributed by atoms with Gasteiger partial charge in [-0.05, 0) is 75.4 Å². The molecule has 0 bridgehead atoms. The Hall–Kier alpha value is -1.60. The number of ether oxygens (including phenoxy) is 3. The molecule has 2 radical (unpaired) electrons. The van der Waals surface area contributed by atoms with E-state index in [0.717, 1.165) is 23.6 Å². The lowest BCUT2D eigenvalue weighted by molar-refractivity contribution is -0.131. The van der Waals surface area contributed by atoms with E-state index in [0.29, 0.717) is 38.7 Å². The maximum absolute atomic E-state index is 11.1. The van der Waals surface area contributed by atoms with Crippen LogP contribution in [0, 0.1) is 0 Å². The third-order valence-electron chi connectivity index (χ3n) is 4.54. The number of hydrogen-bond acceptors (Lipinski definition) is 6. The Labute approximate surface area is 203 Å². The van der Waals surface area contributed by atoms with Crippen molar-refractivity contribution in [3.8, 4) is 17.2 Å². The SMILES string of the molecule is COc1cc(C=CC(=O)O)c(CCC(C)[Si]C(O[Si](C)(C)C)O[Si](C)(C)C)c(OC)c1OC. The van der Waals surface area contributed by atoms with Crippen molar-refractivity contribution >= 4 is 38.2 Å². The van der Waals surface area contributed by atoms with Crippen LogP contribution in [0.3, 0.4) is 0 Å². The molecule has 1 N–H and O–H groups in total. The van der Waals surface area contributed by atoms with E-state index in [2.05, 4.69) is 46.2 Å². The van der Waals surface area contributed by atoms with Crippen molar-refractivity contribution in [2.75, 3.05) is 21.3 Å². The molecule has 1 aromatic carbocycles. The molecule has 7 nitrogen and oxygen atoms in total. The van der Waals surface area contributed by atoms with E-state index in [1.165, 1.54) is 0 Å². The summed E-state index contributed by atoms with van der Waals surface area (Å²) in [6, 6.07) is 1.79. The highest BCUT2D eigenvalue weighted by Gasteiger charge is 2.29. The quantitative estimate of drug-likeness (QED) is 0.207. The van der Waals surface area contributed by atoms with Gasteiger partial charge in [-0.2, -0.15) is 0 Å². The minimum atomic E-state index is -1.75. The Morgan fingerprint density at radius 2 is 1.55 bits per heavy atom. The molecule has 0 aliphatic heterocycles. The summed E-state index contributed by atoms with van der Waals surface area (Å²) in [5.41, 5.74) is 1.96. The van der Waals surface area contributed by atoms with Crippen molar-refractivity contribution in [3.05, 3.63) is 23.3 Å². The van der Waals surface area contributed by atoms with E-state index in [1.54, 1.807) is 33.5 Å². The Kier molecular flexibility index (Phi) is 11.4. The van der Waals surface area contributed by atoms with Crippen LogP contribution in [-0.4, -0.2) is 64.5 Å². The van der Waals surface area contributed by atoms with E-state index >= 15 is 0 Å². The number of carbonyl (C=O) groups is 1. The van der Waals surface area contributed by atoms with Gasteiger partial charge >= 0.3 is 5.97 Å². The van der Waals surface area contributed by atoms with E-state index in [4.69, 9.17) is 28.2 Å². The average molecular weight is 513 g/mol. The Morgan fingerprint density at radius 3 is 1.97 bits per heavy atom. The first-order valence-electron chi connectivity index (χ1n) is 11.0. The van der Waals surface area contributed by atoms with Crippen LogP contribution in [-0.2, 0) is 20.1 Å². The van der Waals surface area contributed by atoms with Gasteiger partial charge in [0.1, 0.15) is 15.4 Å². The number of benzene rings is 1. The first-order valence-corrected chi connectivity index (χ1v) is 19.0. The molecule has 0 amide bonds. The van der Waals surface area contributed by atoms with Gasteiger partial charge < -0.3 is 28.2 Å². The normalized spacial score (nSPS) is 13.4. The van der Waals surface area contributed by atoms with E-state index in [-0.39, 0.29) is 5.91 Å². The summed E-state index contributed by atoms with van der Waals surface area (Å²) in [6.45, 7) is 15.3. The molecule has 0 aliphatic rings. The van der Waals surface area contributed by atoms with E-state index in [9.17, 15) is 4.79 Å². The van der Waals surface area contributed by atoms with Crippen molar-refractivity contribution in [2.45, 2.75) is 70.5 Å². The van der Waals surface area contributed by atoms with Gasteiger partial charge in [0.05, 0.1) is 21.3 Å². The predicted octanol–water partition coefficient (Wildman–Crippen LogP) is 5.24. The lowest BCUT2D eigenvalue weighted by Gasteiger charge is -2.32. The molecule has 0 saturated carbocycles. The number of aliphatic carboxylic acids is 1. The van der Waals surface area contributed by atoms with Crippen LogP contribution in [0.2, 0.25) is 44.8 Å². The standard InChI is InChI=1S/C23H40O7Si3/c1-16(31-23(29-32(5,6)7)30-33(8,9)10)11-13-18-17(12-14-20(24)25)15-19(26-2)22(28-4)21(18)27-3/h12,14-16,23H,11,13H2,1-10H3,(H,24,25). The molecule has 0 aromatic heterocycles. The van der Waals surface area contributed by atoms with Crippen LogP contribution in [0.25, 0.3) is 6.08 Å². The number of methoxy groups -OCH3 is 3. The fraction of sp³-hybridized carbons (Fsp3) is 0.609. The molecular weight excluding hydrogens is 473 g/mol. The summed E-state index contributed by atoms with van der Waals surface area (Å²) in [6.07, 6.45) is 4.23. The summed E-state index contributed by atoms with van der Waals surface area (Å²) in [4.78, 5) is 11.1. The van der Waals surface area contributed by atoms with Crippen LogP contribution >= 0.6 is 0 Å². The summed E-state index contributed by atoms with van der Waals surface area (Å²) in [7, 11) is 1.68. The number of hydrogen-bond donors (Lipinski definition) is 1. The highest BCUT2D eigenvalue weighted by atomic mass is 28.4. The lowest BCUT2D eigenvalue weighted by Crippen LogP contribution is -2.43. The van der Waals surface area contributed by atoms with E-state index < -0.39 is 22.6 Å². The number of carboxylic acids is 1. The Balaban J connectivity index is 3.19. The second kappa shape index (κ2) is 12.7. The molecule has 0 aliphatic carbocycles. The third-order valence-corrected chi connectivity index (χ3v) is 8.22. The van der Waals surface area contributed by atoms with Crippen molar-refractivity contribution in [1.29, 1.82) is 0 Å². The lowest BCUT2D eigenvalue weighted by atomic mass is 9.98. The Bertz CT molecular complexity index is 798. The third kappa shape index (κ3) is 10.5. The zero-order chi connectivity index (χ0) is 25.4. The van der Waals surface area contributed by atoms with Gasteiger partial charge in [-0.1, -0.05) is 6.92 Å². The minimum absolute atomic E-state index is 0.183. The van der Waals surface area contributed by atoms with Gasteiger partial charge in [0, 0.05) is 11.6 Å². The number of rotatable bonds is 14. The van der Waals surface area contributed by atoms with Crippen LogP contribution < -0.4 is 14.2 Å². The fourth-order valence-corrected chi connectivity index (χ4v) is 8.13. The summed E-state index contributed by atoms with van der Waals surface area (Å²) < 4.78 is 29.4. The minimum Gasteiger partial charge on any atom is -0.493 e. The van der Waals surface area contributed by atoms with Gasteiger partial charge in [0.2, 0.25) is 5.75 Å². The molecule has 1 rings (SSSR count). The van der Waals surface area contributed by atoms with Crippen LogP contribution in [0.5, 0.6) is 17.2 Å². The van der Waals surface area contributed by atoms with Crippen LogP contribution in [0.15, 0.2) is 12.1 Å². The molecular formula is C23H40O7Si3. The smallest absolute Gasteiger partial charge is 0.328 e. The first kappa shape index (κ1) is 29.4. The Morgan fingerprint density at radius 1 is 1.00 bits per heavy atom. The predicted molar refractivity (Wildman–Crippen MR) is 139 cm³/mol. The van der Waals surface area contributed by atoms with Gasteiger partial charge in [-0.25, -0.2) is 4.79 Å². The van der Waals surface area contributed by atoms with Crippen LogP contribution in [0.1, 0.15) is 24.5 Å². The zero-order valence-corrected chi connectivity index (χ0v) is 24.7. The molecule has 33 heavy (non-hydrogen) atoms. The molecule has 1 atom stereocenters. The monoisotopic (exact) mass is 512 g/mol. The molecule has 0 saturated heterocycles. The van der Waals surface area contributed by atoms with Crippen molar-refractivity contribution in [3.63, 3.8) is 0 Å². The number of carboxylic acid groups (broad SMARTS) is 1. The average Bonchev–Trinajstić information content (AvgIpc) is 2.66. The zero-order valence-electron chi connectivity index (χ0n) is 21.7. The van der Waals surface area contributed by atoms with Gasteiger partial charge in [0.25, 0.3) is 0 Å². The summed E-state index contributed by atoms with van der Waals surface area (Å²) in [5.74, 6) is 0.354. The van der Waals surface area contributed by atoms with Crippen LogP contribution in [0.4, 0.5) is 0 Å². The van der Waals surface area contributed by atoms with Gasteiger partial charge in [-0.15, -0.1) is 0 Å². The largest absolute Gasteiger partial charge is 0.493 e. The molecule has 1 aromatic rings. The van der Waals surface area contributed by atoms with Crippen molar-refractivity contribution in [2.24, 2.45) is 0 Å². The summed E-state index contributed by atoms with van der Waals surface area (Å²) >= 11 is 0. The highest BCUT2D eigenvalue weighted by molar-refractivity contribution is 6.71. The maximum atomic E-state index is 11.1.